The molecule has 0 saturated heterocycles. The number of rotatable bonds is 3. The van der Waals surface area contributed by atoms with Crippen molar-refractivity contribution < 1.29 is 4.79 Å². The summed E-state index contributed by atoms with van der Waals surface area (Å²) in [4.78, 5) is 12.2. The number of aromatic nitrogens is 2. The molecule has 0 unspecified atom stereocenters. The van der Waals surface area contributed by atoms with Crippen molar-refractivity contribution in [3.63, 3.8) is 0 Å². The zero-order valence-corrected chi connectivity index (χ0v) is 12.6. The lowest BCUT2D eigenvalue weighted by atomic mass is 9.89. The van der Waals surface area contributed by atoms with Crippen molar-refractivity contribution in [2.75, 3.05) is 0 Å². The average molecular weight is 283 g/mol. The molecule has 0 radical (unpaired) electrons. The summed E-state index contributed by atoms with van der Waals surface area (Å²) in [5.41, 5.74) is 4.67. The molecule has 1 heterocycles. The Balaban J connectivity index is 1.75. The Morgan fingerprint density at radius 2 is 2.00 bits per heavy atom. The average Bonchev–Trinajstić information content (AvgIpc) is 2.93. The number of fused-ring (bicyclic) bond motifs is 1. The molecular weight excluding hydrogens is 262 g/mol. The van der Waals surface area contributed by atoms with E-state index in [1.54, 1.807) is 24.0 Å². The second-order valence-electron chi connectivity index (χ2n) is 5.77. The van der Waals surface area contributed by atoms with Crippen LogP contribution in [0.15, 0.2) is 30.5 Å². The molecule has 2 aromatic rings. The van der Waals surface area contributed by atoms with Gasteiger partial charge < -0.3 is 5.32 Å². The van der Waals surface area contributed by atoms with Gasteiger partial charge in [0.05, 0.1) is 6.04 Å². The Labute approximate surface area is 125 Å². The van der Waals surface area contributed by atoms with Crippen molar-refractivity contribution in [3.05, 3.63) is 52.8 Å². The highest BCUT2D eigenvalue weighted by molar-refractivity contribution is 5.92. The van der Waals surface area contributed by atoms with Gasteiger partial charge in [-0.2, -0.15) is 5.10 Å². The van der Waals surface area contributed by atoms with E-state index in [1.807, 2.05) is 6.92 Å². The number of amides is 1. The summed E-state index contributed by atoms with van der Waals surface area (Å²) in [5.74, 6) is -0.0831. The number of carbonyl (C=O) groups is 1. The summed E-state index contributed by atoms with van der Waals surface area (Å²) in [6.07, 6.45) is 6.54. The maximum absolute atomic E-state index is 12.2. The van der Waals surface area contributed by atoms with Crippen molar-refractivity contribution in [1.82, 2.24) is 15.1 Å². The number of benzene rings is 1. The Morgan fingerprint density at radius 1 is 1.24 bits per heavy atom. The molecule has 1 aliphatic carbocycles. The lowest BCUT2D eigenvalue weighted by molar-refractivity contribution is 0.0930. The second-order valence-corrected chi connectivity index (χ2v) is 5.77. The van der Waals surface area contributed by atoms with Crippen LogP contribution in [0.2, 0.25) is 0 Å². The molecule has 0 fully saturated rings. The largest absolute Gasteiger partial charge is 0.344 e. The van der Waals surface area contributed by atoms with Crippen LogP contribution in [0.25, 0.3) is 0 Å². The molecule has 0 saturated carbocycles. The fourth-order valence-corrected chi connectivity index (χ4v) is 2.97. The first-order chi connectivity index (χ1) is 10.1. The monoisotopic (exact) mass is 283 g/mol. The smallest absolute Gasteiger partial charge is 0.270 e. The second kappa shape index (κ2) is 5.72. The van der Waals surface area contributed by atoms with Crippen molar-refractivity contribution in [2.45, 2.75) is 38.6 Å². The van der Waals surface area contributed by atoms with E-state index in [9.17, 15) is 4.79 Å². The number of hydrogen-bond donors (Lipinski definition) is 1. The van der Waals surface area contributed by atoms with Crippen LogP contribution < -0.4 is 5.32 Å². The van der Waals surface area contributed by atoms with E-state index in [1.165, 1.54) is 36.0 Å². The van der Waals surface area contributed by atoms with Crippen LogP contribution in [0.4, 0.5) is 0 Å². The van der Waals surface area contributed by atoms with Gasteiger partial charge in [0.1, 0.15) is 5.69 Å². The number of carbonyl (C=O) groups excluding carboxylic acids is 1. The number of nitrogens with one attached hydrogen (secondary N) is 1. The van der Waals surface area contributed by atoms with Gasteiger partial charge in [0.15, 0.2) is 0 Å². The molecule has 1 N–H and O–H groups in total. The lowest BCUT2D eigenvalue weighted by Gasteiger charge is -2.20. The van der Waals surface area contributed by atoms with E-state index >= 15 is 0 Å². The summed E-state index contributed by atoms with van der Waals surface area (Å²) >= 11 is 0. The van der Waals surface area contributed by atoms with Crippen molar-refractivity contribution in [2.24, 2.45) is 7.05 Å². The van der Waals surface area contributed by atoms with Crippen LogP contribution in [0.1, 0.15) is 53.0 Å². The summed E-state index contributed by atoms with van der Waals surface area (Å²) in [6, 6.07) is 8.34. The fourth-order valence-electron chi connectivity index (χ4n) is 2.97. The fraction of sp³-hybridized carbons (Fsp3) is 0.412. The molecule has 1 atom stereocenters. The predicted molar refractivity (Wildman–Crippen MR) is 82.2 cm³/mol. The van der Waals surface area contributed by atoms with Crippen LogP contribution in [0.3, 0.4) is 0 Å². The van der Waals surface area contributed by atoms with Crippen molar-refractivity contribution in [3.8, 4) is 0 Å². The first-order valence-corrected chi connectivity index (χ1v) is 7.55. The summed E-state index contributed by atoms with van der Waals surface area (Å²) in [7, 11) is 1.78. The van der Waals surface area contributed by atoms with Crippen LogP contribution in [0, 0.1) is 0 Å². The molecule has 110 valence electrons. The third-order valence-corrected chi connectivity index (χ3v) is 4.27. The normalized spacial score (nSPS) is 15.3. The lowest BCUT2D eigenvalue weighted by Crippen LogP contribution is -2.28. The molecule has 4 nitrogen and oxygen atoms in total. The van der Waals surface area contributed by atoms with E-state index in [0.29, 0.717) is 5.69 Å². The third kappa shape index (κ3) is 2.84. The van der Waals surface area contributed by atoms with Gasteiger partial charge in [-0.25, -0.2) is 0 Å². The van der Waals surface area contributed by atoms with E-state index < -0.39 is 0 Å². The van der Waals surface area contributed by atoms with E-state index in [-0.39, 0.29) is 11.9 Å². The third-order valence-electron chi connectivity index (χ3n) is 4.27. The van der Waals surface area contributed by atoms with Gasteiger partial charge in [-0.05, 0) is 55.4 Å². The Kier molecular flexibility index (Phi) is 3.78. The Bertz CT molecular complexity index is 660. The maximum Gasteiger partial charge on any atom is 0.270 e. The first kappa shape index (κ1) is 13.9. The van der Waals surface area contributed by atoms with Gasteiger partial charge in [0.25, 0.3) is 5.91 Å². The molecule has 0 aliphatic heterocycles. The molecule has 1 aromatic carbocycles. The molecule has 3 rings (SSSR count). The van der Waals surface area contributed by atoms with Crippen LogP contribution in [0.5, 0.6) is 0 Å². The minimum atomic E-state index is -0.0831. The quantitative estimate of drug-likeness (QED) is 0.941. The number of aryl methyl sites for hydroxylation is 3. The van der Waals surface area contributed by atoms with Crippen molar-refractivity contribution in [1.29, 1.82) is 0 Å². The summed E-state index contributed by atoms with van der Waals surface area (Å²) < 4.78 is 1.59. The zero-order valence-electron chi connectivity index (χ0n) is 12.6. The molecular formula is C17H21N3O. The summed E-state index contributed by atoms with van der Waals surface area (Å²) in [5, 5.41) is 7.08. The predicted octanol–water partition coefficient (Wildman–Crippen LogP) is 2.79. The Hall–Kier alpha value is -2.10. The highest BCUT2D eigenvalue weighted by Crippen LogP contribution is 2.24. The van der Waals surface area contributed by atoms with E-state index in [4.69, 9.17) is 0 Å². The SMILES string of the molecule is C[C@H](NC(=O)c1ccnn1C)c1ccc2c(c1)CCCC2. The van der Waals surface area contributed by atoms with Gasteiger partial charge in [-0.15, -0.1) is 0 Å². The van der Waals surface area contributed by atoms with E-state index in [2.05, 4.69) is 28.6 Å². The standard InChI is InChI=1S/C17H21N3O/c1-12(19-17(21)16-9-10-18-20(16)2)14-8-7-13-5-3-4-6-15(13)11-14/h7-12H,3-6H2,1-2H3,(H,19,21)/t12-/m0/s1. The molecule has 4 heteroatoms. The molecule has 1 aromatic heterocycles. The van der Waals surface area contributed by atoms with E-state index in [0.717, 1.165) is 6.42 Å². The van der Waals surface area contributed by atoms with Crippen LogP contribution in [-0.4, -0.2) is 15.7 Å². The number of hydrogen-bond acceptors (Lipinski definition) is 2. The molecule has 0 spiro atoms. The maximum atomic E-state index is 12.2. The van der Waals surface area contributed by atoms with Gasteiger partial charge >= 0.3 is 0 Å². The zero-order chi connectivity index (χ0) is 14.8. The minimum absolute atomic E-state index is 0.000346. The van der Waals surface area contributed by atoms with Crippen LogP contribution in [-0.2, 0) is 19.9 Å². The highest BCUT2D eigenvalue weighted by Gasteiger charge is 2.16. The first-order valence-electron chi connectivity index (χ1n) is 7.55. The molecule has 1 aliphatic rings. The van der Waals surface area contributed by atoms with Crippen molar-refractivity contribution >= 4 is 5.91 Å². The highest BCUT2D eigenvalue weighted by atomic mass is 16.2. The van der Waals surface area contributed by atoms with Gasteiger partial charge in [0, 0.05) is 13.2 Å². The molecule has 0 bridgehead atoms. The molecule has 21 heavy (non-hydrogen) atoms. The topological polar surface area (TPSA) is 46.9 Å². The minimum Gasteiger partial charge on any atom is -0.344 e. The van der Waals surface area contributed by atoms with Gasteiger partial charge in [0.2, 0.25) is 0 Å². The number of nitrogens with zero attached hydrogens (tertiary/aromatic N) is 2. The van der Waals surface area contributed by atoms with Gasteiger partial charge in [-0.1, -0.05) is 18.2 Å². The Morgan fingerprint density at radius 3 is 2.71 bits per heavy atom. The van der Waals surface area contributed by atoms with Gasteiger partial charge in [-0.3, -0.25) is 9.48 Å². The summed E-state index contributed by atoms with van der Waals surface area (Å²) in [6.45, 7) is 2.03. The molecule has 1 amide bonds. The van der Waals surface area contributed by atoms with Crippen LogP contribution >= 0.6 is 0 Å².